The first-order valence-electron chi connectivity index (χ1n) is 6.52. The predicted molar refractivity (Wildman–Crippen MR) is 74.7 cm³/mol. The first-order chi connectivity index (χ1) is 9.99. The SMILES string of the molecule is CCCn1ncc(Cl)c1C(NC)c1cc(F)c(F)c(F)c1. The van der Waals surface area contributed by atoms with Crippen LogP contribution in [0.3, 0.4) is 0 Å². The highest BCUT2D eigenvalue weighted by atomic mass is 35.5. The van der Waals surface area contributed by atoms with Gasteiger partial charge in [0.05, 0.1) is 23.0 Å². The smallest absolute Gasteiger partial charge is 0.194 e. The molecule has 1 atom stereocenters. The zero-order valence-electron chi connectivity index (χ0n) is 11.6. The summed E-state index contributed by atoms with van der Waals surface area (Å²) in [6.45, 7) is 2.59. The molecule has 2 rings (SSSR count). The van der Waals surface area contributed by atoms with Gasteiger partial charge in [-0.25, -0.2) is 13.2 Å². The van der Waals surface area contributed by atoms with Crippen LogP contribution in [0.1, 0.15) is 30.6 Å². The largest absolute Gasteiger partial charge is 0.308 e. The van der Waals surface area contributed by atoms with Gasteiger partial charge < -0.3 is 5.32 Å². The number of aryl methyl sites for hydroxylation is 1. The Balaban J connectivity index is 2.52. The van der Waals surface area contributed by atoms with E-state index in [1.165, 1.54) is 6.20 Å². The number of nitrogens with zero attached hydrogens (tertiary/aromatic N) is 2. The Hall–Kier alpha value is -1.53. The lowest BCUT2D eigenvalue weighted by molar-refractivity contribution is 0.442. The number of hydrogen-bond donors (Lipinski definition) is 1. The predicted octanol–water partition coefficient (Wildman–Crippen LogP) is 3.67. The molecule has 0 saturated carbocycles. The van der Waals surface area contributed by atoms with Crippen molar-refractivity contribution < 1.29 is 13.2 Å². The van der Waals surface area contributed by atoms with E-state index in [1.54, 1.807) is 11.7 Å². The van der Waals surface area contributed by atoms with Crippen LogP contribution in [0.25, 0.3) is 0 Å². The van der Waals surface area contributed by atoms with Crippen LogP contribution in [0, 0.1) is 17.5 Å². The summed E-state index contributed by atoms with van der Waals surface area (Å²) in [5.74, 6) is -3.95. The van der Waals surface area contributed by atoms with Crippen molar-refractivity contribution in [3.63, 3.8) is 0 Å². The molecule has 1 aromatic heterocycles. The van der Waals surface area contributed by atoms with Gasteiger partial charge in [0, 0.05) is 6.54 Å². The van der Waals surface area contributed by atoms with Gasteiger partial charge in [-0.2, -0.15) is 5.10 Å². The zero-order chi connectivity index (χ0) is 15.6. The topological polar surface area (TPSA) is 29.9 Å². The van der Waals surface area contributed by atoms with Crippen LogP contribution in [-0.2, 0) is 6.54 Å². The summed E-state index contributed by atoms with van der Waals surface area (Å²) in [6.07, 6.45) is 2.31. The molecule has 0 spiro atoms. The van der Waals surface area contributed by atoms with E-state index in [2.05, 4.69) is 10.4 Å². The molecule has 114 valence electrons. The van der Waals surface area contributed by atoms with Crippen molar-refractivity contribution >= 4 is 11.6 Å². The number of nitrogens with one attached hydrogen (secondary N) is 1. The third kappa shape index (κ3) is 3.06. The van der Waals surface area contributed by atoms with Crippen LogP contribution in [0.15, 0.2) is 18.3 Å². The summed E-state index contributed by atoms with van der Waals surface area (Å²) in [6, 6.07) is 1.33. The fourth-order valence-electron chi connectivity index (χ4n) is 2.25. The van der Waals surface area contributed by atoms with Gasteiger partial charge in [0.15, 0.2) is 17.5 Å². The molecule has 1 N–H and O–H groups in total. The minimum atomic E-state index is -1.48. The first kappa shape index (κ1) is 15.9. The van der Waals surface area contributed by atoms with E-state index in [0.717, 1.165) is 18.6 Å². The molecule has 0 aliphatic rings. The second-order valence-electron chi connectivity index (χ2n) is 4.62. The molecule has 1 heterocycles. The van der Waals surface area contributed by atoms with E-state index in [9.17, 15) is 13.2 Å². The molecule has 21 heavy (non-hydrogen) atoms. The lowest BCUT2D eigenvalue weighted by atomic mass is 10.0. The highest BCUT2D eigenvalue weighted by Crippen LogP contribution is 2.29. The highest BCUT2D eigenvalue weighted by molar-refractivity contribution is 6.31. The van der Waals surface area contributed by atoms with Gasteiger partial charge in [-0.1, -0.05) is 18.5 Å². The normalized spacial score (nSPS) is 12.7. The Labute approximate surface area is 125 Å². The number of aromatic nitrogens is 2. The molecule has 7 heteroatoms. The van der Waals surface area contributed by atoms with E-state index in [1.807, 2.05) is 6.92 Å². The van der Waals surface area contributed by atoms with Crippen molar-refractivity contribution in [2.75, 3.05) is 7.05 Å². The summed E-state index contributed by atoms with van der Waals surface area (Å²) >= 11 is 6.13. The number of hydrogen-bond acceptors (Lipinski definition) is 2. The van der Waals surface area contributed by atoms with Crippen molar-refractivity contribution in [3.8, 4) is 0 Å². The van der Waals surface area contributed by atoms with Gasteiger partial charge in [0.1, 0.15) is 0 Å². The van der Waals surface area contributed by atoms with Crippen LogP contribution in [0.2, 0.25) is 5.02 Å². The van der Waals surface area contributed by atoms with Crippen molar-refractivity contribution in [2.45, 2.75) is 25.9 Å². The minimum absolute atomic E-state index is 0.244. The molecule has 1 unspecified atom stereocenters. The van der Waals surface area contributed by atoms with E-state index < -0.39 is 23.5 Å². The van der Waals surface area contributed by atoms with Crippen LogP contribution in [0.4, 0.5) is 13.2 Å². The molecule has 1 aromatic carbocycles. The third-order valence-corrected chi connectivity index (χ3v) is 3.46. The van der Waals surface area contributed by atoms with Crippen molar-refractivity contribution in [1.29, 1.82) is 0 Å². The van der Waals surface area contributed by atoms with E-state index in [4.69, 9.17) is 11.6 Å². The van der Waals surface area contributed by atoms with Crippen molar-refractivity contribution in [1.82, 2.24) is 15.1 Å². The molecule has 0 aliphatic carbocycles. The Bertz CT molecular complexity index is 619. The van der Waals surface area contributed by atoms with Crippen LogP contribution < -0.4 is 5.32 Å². The monoisotopic (exact) mass is 317 g/mol. The van der Waals surface area contributed by atoms with E-state index in [-0.39, 0.29) is 5.56 Å². The fraction of sp³-hybridized carbons (Fsp3) is 0.357. The van der Waals surface area contributed by atoms with Crippen molar-refractivity contribution in [2.24, 2.45) is 0 Å². The number of rotatable bonds is 5. The maximum atomic E-state index is 13.4. The molecule has 0 aliphatic heterocycles. The highest BCUT2D eigenvalue weighted by Gasteiger charge is 2.23. The number of benzene rings is 1. The van der Waals surface area contributed by atoms with E-state index in [0.29, 0.717) is 17.3 Å². The van der Waals surface area contributed by atoms with Crippen LogP contribution >= 0.6 is 11.6 Å². The Morgan fingerprint density at radius 1 is 1.29 bits per heavy atom. The van der Waals surface area contributed by atoms with Crippen molar-refractivity contribution in [3.05, 3.63) is 52.1 Å². The van der Waals surface area contributed by atoms with Gasteiger partial charge in [0.25, 0.3) is 0 Å². The Morgan fingerprint density at radius 3 is 2.43 bits per heavy atom. The lowest BCUT2D eigenvalue weighted by Gasteiger charge is -2.19. The van der Waals surface area contributed by atoms with Gasteiger partial charge in [0.2, 0.25) is 0 Å². The molecular weight excluding hydrogens is 303 g/mol. The second kappa shape index (κ2) is 6.49. The summed E-state index contributed by atoms with van der Waals surface area (Å²) in [5, 5.41) is 7.46. The summed E-state index contributed by atoms with van der Waals surface area (Å²) in [5.41, 5.74) is 0.833. The summed E-state index contributed by atoms with van der Waals surface area (Å²) in [4.78, 5) is 0. The Morgan fingerprint density at radius 2 is 1.90 bits per heavy atom. The summed E-state index contributed by atoms with van der Waals surface area (Å²) in [7, 11) is 1.63. The van der Waals surface area contributed by atoms with Crippen LogP contribution in [-0.4, -0.2) is 16.8 Å². The molecule has 0 radical (unpaired) electrons. The maximum Gasteiger partial charge on any atom is 0.194 e. The Kier molecular flexibility index (Phi) is 4.90. The number of halogens is 4. The lowest BCUT2D eigenvalue weighted by Crippen LogP contribution is -2.22. The van der Waals surface area contributed by atoms with Gasteiger partial charge in [-0.15, -0.1) is 0 Å². The fourth-order valence-corrected chi connectivity index (χ4v) is 2.50. The quantitative estimate of drug-likeness (QED) is 0.853. The molecule has 0 amide bonds. The van der Waals surface area contributed by atoms with Gasteiger partial charge >= 0.3 is 0 Å². The van der Waals surface area contributed by atoms with Gasteiger partial charge in [-0.05, 0) is 31.2 Å². The van der Waals surface area contributed by atoms with E-state index >= 15 is 0 Å². The first-order valence-corrected chi connectivity index (χ1v) is 6.90. The molecular formula is C14H15ClF3N3. The van der Waals surface area contributed by atoms with Gasteiger partial charge in [-0.3, -0.25) is 4.68 Å². The minimum Gasteiger partial charge on any atom is -0.308 e. The molecule has 2 aromatic rings. The second-order valence-corrected chi connectivity index (χ2v) is 5.03. The average Bonchev–Trinajstić information content (AvgIpc) is 2.79. The molecule has 0 fully saturated rings. The molecule has 3 nitrogen and oxygen atoms in total. The third-order valence-electron chi connectivity index (χ3n) is 3.17. The van der Waals surface area contributed by atoms with Crippen LogP contribution in [0.5, 0.6) is 0 Å². The zero-order valence-corrected chi connectivity index (χ0v) is 12.4. The average molecular weight is 318 g/mol. The maximum absolute atomic E-state index is 13.4. The molecule has 0 saturated heterocycles. The summed E-state index contributed by atoms with van der Waals surface area (Å²) < 4.78 is 41.6. The molecule has 0 bridgehead atoms. The standard InChI is InChI=1S/C14H15ClF3N3/c1-3-4-21-14(9(15)7-20-21)13(19-2)8-5-10(16)12(18)11(17)6-8/h5-7,13,19H,3-4H2,1-2H3.